The number of nitrogens with zero attached hydrogens (tertiary/aromatic N) is 2. The molecule has 0 saturated heterocycles. The maximum absolute atomic E-state index is 12.2. The molecule has 0 fully saturated rings. The molecule has 0 aromatic heterocycles. The number of hydrogen-bond acceptors (Lipinski definition) is 4. The summed E-state index contributed by atoms with van der Waals surface area (Å²) in [6.45, 7) is 0.800. The Labute approximate surface area is 145 Å². The third kappa shape index (κ3) is 4.04. The number of fused-ring (bicyclic) bond motifs is 1. The van der Waals surface area contributed by atoms with E-state index in [-0.39, 0.29) is 11.7 Å². The SMILES string of the molecule is O=C(NCCc1ccc(Cl)cc1)C1=CN2CCS(=O)(=O)N=C2C=C1. The van der Waals surface area contributed by atoms with Crippen molar-refractivity contribution >= 4 is 33.4 Å². The molecular formula is C16H16ClN3O3S. The first-order valence-electron chi connectivity index (χ1n) is 7.45. The van der Waals surface area contributed by atoms with Gasteiger partial charge in [0.2, 0.25) is 0 Å². The number of sulfonamides is 1. The lowest BCUT2D eigenvalue weighted by Gasteiger charge is -2.26. The van der Waals surface area contributed by atoms with E-state index in [1.807, 2.05) is 24.3 Å². The number of halogens is 1. The zero-order valence-corrected chi connectivity index (χ0v) is 14.3. The summed E-state index contributed by atoms with van der Waals surface area (Å²) in [4.78, 5) is 13.9. The first-order chi connectivity index (χ1) is 11.4. The zero-order valence-electron chi connectivity index (χ0n) is 12.8. The summed E-state index contributed by atoms with van der Waals surface area (Å²) in [5.74, 6) is 0.0958. The smallest absolute Gasteiger partial charge is 0.256 e. The molecule has 6 nitrogen and oxygen atoms in total. The standard InChI is InChI=1S/C16H16ClN3O3S/c17-14-4-1-12(2-5-14)7-8-18-16(21)13-3-6-15-19-24(22,23)10-9-20(15)11-13/h1-6,11H,7-10H2,(H,18,21). The van der Waals surface area contributed by atoms with Crippen molar-refractivity contribution in [2.24, 2.45) is 4.40 Å². The van der Waals surface area contributed by atoms with Crippen molar-refractivity contribution in [1.29, 1.82) is 0 Å². The van der Waals surface area contributed by atoms with Crippen molar-refractivity contribution in [3.05, 3.63) is 58.8 Å². The number of carbonyl (C=O) groups excluding carboxylic acids is 1. The fourth-order valence-corrected chi connectivity index (χ4v) is 3.50. The van der Waals surface area contributed by atoms with Crippen LogP contribution < -0.4 is 5.32 Å². The number of carbonyl (C=O) groups is 1. The molecule has 0 spiro atoms. The number of amides is 1. The van der Waals surface area contributed by atoms with Crippen LogP contribution in [0, 0.1) is 0 Å². The Balaban J connectivity index is 1.57. The molecule has 0 unspecified atom stereocenters. The quantitative estimate of drug-likeness (QED) is 0.876. The van der Waals surface area contributed by atoms with Gasteiger partial charge in [-0.3, -0.25) is 4.79 Å². The minimum atomic E-state index is -3.38. The number of amidine groups is 1. The summed E-state index contributed by atoms with van der Waals surface area (Å²) in [6.07, 6.45) is 5.46. The molecule has 8 heteroatoms. The molecule has 0 saturated carbocycles. The van der Waals surface area contributed by atoms with Crippen LogP contribution in [0.3, 0.4) is 0 Å². The summed E-state index contributed by atoms with van der Waals surface area (Å²) in [7, 11) is -3.38. The Hall–Kier alpha value is -2.12. The highest BCUT2D eigenvalue weighted by Gasteiger charge is 2.24. The maximum atomic E-state index is 12.2. The average Bonchev–Trinajstić information content (AvgIpc) is 2.55. The van der Waals surface area contributed by atoms with E-state index in [1.165, 1.54) is 0 Å². The second kappa shape index (κ2) is 6.78. The highest BCUT2D eigenvalue weighted by atomic mass is 35.5. The van der Waals surface area contributed by atoms with Gasteiger partial charge in [0.05, 0.1) is 11.3 Å². The largest absolute Gasteiger partial charge is 0.352 e. The first-order valence-corrected chi connectivity index (χ1v) is 9.43. The van der Waals surface area contributed by atoms with E-state index in [2.05, 4.69) is 9.71 Å². The number of nitrogens with one attached hydrogen (secondary N) is 1. The molecule has 0 bridgehead atoms. The monoisotopic (exact) mass is 365 g/mol. The molecule has 0 aliphatic carbocycles. The van der Waals surface area contributed by atoms with Gasteiger partial charge in [-0.1, -0.05) is 23.7 Å². The molecule has 1 N–H and O–H groups in total. The van der Waals surface area contributed by atoms with Crippen LogP contribution in [0.15, 0.2) is 52.6 Å². The topological polar surface area (TPSA) is 78.8 Å². The Bertz CT molecular complexity index is 842. The van der Waals surface area contributed by atoms with Gasteiger partial charge in [0.25, 0.3) is 15.9 Å². The van der Waals surface area contributed by atoms with Gasteiger partial charge in [0.15, 0.2) is 0 Å². The van der Waals surface area contributed by atoms with E-state index in [4.69, 9.17) is 11.6 Å². The van der Waals surface area contributed by atoms with E-state index in [0.29, 0.717) is 35.9 Å². The predicted octanol–water partition coefficient (Wildman–Crippen LogP) is 1.50. The minimum absolute atomic E-state index is 0.0493. The second-order valence-electron chi connectivity index (χ2n) is 5.48. The third-order valence-electron chi connectivity index (χ3n) is 3.70. The molecule has 2 heterocycles. The van der Waals surface area contributed by atoms with Gasteiger partial charge in [-0.2, -0.15) is 0 Å². The Morgan fingerprint density at radius 2 is 2.00 bits per heavy atom. The molecule has 2 aliphatic heterocycles. The molecule has 1 aromatic rings. The van der Waals surface area contributed by atoms with Crippen molar-refractivity contribution in [1.82, 2.24) is 10.2 Å². The highest BCUT2D eigenvalue weighted by molar-refractivity contribution is 7.90. The Kier molecular flexibility index (Phi) is 4.73. The Morgan fingerprint density at radius 1 is 1.25 bits per heavy atom. The van der Waals surface area contributed by atoms with Crippen LogP contribution >= 0.6 is 11.6 Å². The molecule has 1 amide bonds. The number of hydrogen-bond donors (Lipinski definition) is 1. The normalized spacial score (nSPS) is 18.5. The predicted molar refractivity (Wildman–Crippen MR) is 93.3 cm³/mol. The van der Waals surface area contributed by atoms with Gasteiger partial charge in [-0.15, -0.1) is 4.40 Å². The molecule has 24 heavy (non-hydrogen) atoms. The lowest BCUT2D eigenvalue weighted by Crippen LogP contribution is -2.38. The maximum Gasteiger partial charge on any atom is 0.256 e. The summed E-state index contributed by atoms with van der Waals surface area (Å²) >= 11 is 5.83. The summed E-state index contributed by atoms with van der Waals surface area (Å²) in [5, 5.41) is 3.53. The van der Waals surface area contributed by atoms with Gasteiger partial charge < -0.3 is 10.2 Å². The van der Waals surface area contributed by atoms with Crippen molar-refractivity contribution < 1.29 is 13.2 Å². The fraction of sp³-hybridized carbons (Fsp3) is 0.250. The van der Waals surface area contributed by atoms with Crippen LogP contribution in [0.1, 0.15) is 5.56 Å². The molecule has 0 atom stereocenters. The van der Waals surface area contributed by atoms with Crippen molar-refractivity contribution in [2.45, 2.75) is 6.42 Å². The van der Waals surface area contributed by atoms with Crippen LogP contribution in [-0.4, -0.2) is 43.9 Å². The Morgan fingerprint density at radius 3 is 2.75 bits per heavy atom. The fourth-order valence-electron chi connectivity index (χ4n) is 2.41. The molecule has 2 aliphatic rings. The second-order valence-corrected chi connectivity index (χ2v) is 7.67. The van der Waals surface area contributed by atoms with Crippen LogP contribution in [0.4, 0.5) is 0 Å². The lowest BCUT2D eigenvalue weighted by atomic mass is 10.1. The van der Waals surface area contributed by atoms with Gasteiger partial charge in [0, 0.05) is 24.3 Å². The minimum Gasteiger partial charge on any atom is -0.352 e. The van der Waals surface area contributed by atoms with Gasteiger partial charge in [-0.05, 0) is 36.3 Å². The van der Waals surface area contributed by atoms with E-state index >= 15 is 0 Å². The number of benzene rings is 1. The van der Waals surface area contributed by atoms with E-state index in [1.54, 1.807) is 23.3 Å². The summed E-state index contributed by atoms with van der Waals surface area (Å²) in [6, 6.07) is 7.48. The van der Waals surface area contributed by atoms with Crippen molar-refractivity contribution in [3.63, 3.8) is 0 Å². The lowest BCUT2D eigenvalue weighted by molar-refractivity contribution is -0.117. The zero-order chi connectivity index (χ0) is 17.2. The summed E-state index contributed by atoms with van der Waals surface area (Å²) in [5.41, 5.74) is 1.56. The first kappa shape index (κ1) is 16.7. The van der Waals surface area contributed by atoms with Gasteiger partial charge in [0.1, 0.15) is 5.84 Å². The van der Waals surface area contributed by atoms with E-state index < -0.39 is 10.0 Å². The molecule has 3 rings (SSSR count). The van der Waals surface area contributed by atoms with Gasteiger partial charge in [-0.25, -0.2) is 8.42 Å². The molecule has 1 aromatic carbocycles. The van der Waals surface area contributed by atoms with Crippen LogP contribution in [0.2, 0.25) is 5.02 Å². The molecule has 0 radical (unpaired) electrons. The summed E-state index contributed by atoms with van der Waals surface area (Å²) < 4.78 is 26.6. The molecule has 126 valence electrons. The van der Waals surface area contributed by atoms with Crippen molar-refractivity contribution in [3.8, 4) is 0 Å². The van der Waals surface area contributed by atoms with Crippen LogP contribution in [0.5, 0.6) is 0 Å². The van der Waals surface area contributed by atoms with Crippen LogP contribution in [-0.2, 0) is 21.2 Å². The number of rotatable bonds is 4. The van der Waals surface area contributed by atoms with Crippen LogP contribution in [0.25, 0.3) is 0 Å². The van der Waals surface area contributed by atoms with E-state index in [0.717, 1.165) is 5.56 Å². The van der Waals surface area contributed by atoms with Crippen molar-refractivity contribution in [2.75, 3.05) is 18.8 Å². The van der Waals surface area contributed by atoms with E-state index in [9.17, 15) is 13.2 Å². The average molecular weight is 366 g/mol. The highest BCUT2D eigenvalue weighted by Crippen LogP contribution is 2.16. The van der Waals surface area contributed by atoms with Gasteiger partial charge >= 0.3 is 0 Å². The molecular weight excluding hydrogens is 350 g/mol. The third-order valence-corrected chi connectivity index (χ3v) is 5.11.